The van der Waals surface area contributed by atoms with E-state index >= 15 is 0 Å². The fourth-order valence-electron chi connectivity index (χ4n) is 4.73. The van der Waals surface area contributed by atoms with E-state index in [1.165, 1.54) is 23.0 Å². The van der Waals surface area contributed by atoms with Crippen LogP contribution >= 0.6 is 0 Å². The van der Waals surface area contributed by atoms with Crippen LogP contribution in [0.2, 0.25) is 0 Å². The summed E-state index contributed by atoms with van der Waals surface area (Å²) in [6.45, 7) is 0.827. The van der Waals surface area contributed by atoms with Crippen molar-refractivity contribution in [1.29, 1.82) is 0 Å². The number of nitrogens with two attached hydrogens (primary N) is 1. The summed E-state index contributed by atoms with van der Waals surface area (Å²) >= 11 is 0. The molecule has 0 aliphatic carbocycles. The highest BCUT2D eigenvalue weighted by Crippen LogP contribution is 2.40. The number of anilines is 1. The van der Waals surface area contributed by atoms with Gasteiger partial charge in [-0.15, -0.1) is 0 Å². The minimum Gasteiger partial charge on any atom is -0.368 e. The number of hydrogen-bond donors (Lipinski definition) is 1. The lowest BCUT2D eigenvalue weighted by Crippen LogP contribution is -2.13. The topological polar surface area (TPSA) is 74.5 Å². The minimum absolute atomic E-state index is 0.216. The number of imidazole rings is 1. The van der Waals surface area contributed by atoms with E-state index in [0.29, 0.717) is 0 Å². The predicted octanol–water partition coefficient (Wildman–Crippen LogP) is 4.87. The number of halogens is 1. The smallest absolute Gasteiger partial charge is 0.220 e. The van der Waals surface area contributed by atoms with Gasteiger partial charge in [0.25, 0.3) is 0 Å². The van der Waals surface area contributed by atoms with E-state index < -0.39 is 0 Å². The van der Waals surface area contributed by atoms with Crippen molar-refractivity contribution in [3.05, 3.63) is 84.7 Å². The lowest BCUT2D eigenvalue weighted by Gasteiger charge is -2.19. The maximum absolute atomic E-state index is 13.6. The molecule has 1 unspecified atom stereocenters. The van der Waals surface area contributed by atoms with Gasteiger partial charge in [0.15, 0.2) is 0 Å². The summed E-state index contributed by atoms with van der Waals surface area (Å²) in [6.07, 6.45) is 5.67. The average molecular weight is 424 g/mol. The molecular weight excluding hydrogens is 403 g/mol. The number of aryl methyl sites for hydroxylation is 1. The van der Waals surface area contributed by atoms with Crippen LogP contribution in [0.4, 0.5) is 10.3 Å². The van der Waals surface area contributed by atoms with E-state index in [-0.39, 0.29) is 17.8 Å². The zero-order chi connectivity index (χ0) is 21.7. The van der Waals surface area contributed by atoms with Gasteiger partial charge in [0.2, 0.25) is 5.95 Å². The molecular formula is C25H21FN6. The first kappa shape index (κ1) is 18.7. The molecule has 158 valence electrons. The normalized spacial score (nSPS) is 15.3. The molecule has 0 saturated carbocycles. The Morgan fingerprint density at radius 3 is 2.69 bits per heavy atom. The Morgan fingerprint density at radius 2 is 1.84 bits per heavy atom. The van der Waals surface area contributed by atoms with Gasteiger partial charge in [0.1, 0.15) is 11.6 Å². The standard InChI is InChI=1S/C25H21FN6/c26-18-7-5-17(6-8-18)23-24(20-11-13-28-25(27)29-20)32-19(9-10-22(32)30-23)15-31-14-12-16-3-1-2-4-21(16)31/h1-8,11-14,19H,9-10,15H2,(H2,27,28,29). The summed E-state index contributed by atoms with van der Waals surface area (Å²) < 4.78 is 18.2. The van der Waals surface area contributed by atoms with Gasteiger partial charge < -0.3 is 14.9 Å². The van der Waals surface area contributed by atoms with Gasteiger partial charge in [0.05, 0.1) is 23.1 Å². The van der Waals surface area contributed by atoms with Crippen molar-refractivity contribution in [2.24, 2.45) is 0 Å². The molecule has 7 heteroatoms. The summed E-state index contributed by atoms with van der Waals surface area (Å²) in [5.74, 6) is 0.956. The molecule has 0 saturated heterocycles. The molecule has 0 amide bonds. The maximum atomic E-state index is 13.6. The first-order chi connectivity index (χ1) is 15.7. The Balaban J connectivity index is 1.50. The van der Waals surface area contributed by atoms with Crippen LogP contribution in [-0.4, -0.2) is 24.1 Å². The Labute approximate surface area is 184 Å². The Bertz CT molecular complexity index is 1430. The van der Waals surface area contributed by atoms with Crippen molar-refractivity contribution < 1.29 is 4.39 Å². The van der Waals surface area contributed by atoms with Crippen LogP contribution in [0.25, 0.3) is 33.5 Å². The molecule has 1 aliphatic heterocycles. The molecule has 1 atom stereocenters. The van der Waals surface area contributed by atoms with Crippen LogP contribution in [0, 0.1) is 5.82 Å². The van der Waals surface area contributed by atoms with Gasteiger partial charge in [-0.2, -0.15) is 0 Å². The van der Waals surface area contributed by atoms with E-state index in [1.807, 2.05) is 6.07 Å². The number of nitrogen functional groups attached to an aromatic ring is 1. The van der Waals surface area contributed by atoms with E-state index in [4.69, 9.17) is 10.7 Å². The second kappa shape index (κ2) is 7.30. The van der Waals surface area contributed by atoms with Crippen LogP contribution in [-0.2, 0) is 13.0 Å². The molecule has 3 aromatic heterocycles. The molecule has 6 rings (SSSR count). The third kappa shape index (κ3) is 3.05. The van der Waals surface area contributed by atoms with Crippen LogP contribution in [0.15, 0.2) is 73.1 Å². The molecule has 4 heterocycles. The molecule has 0 radical (unpaired) electrons. The van der Waals surface area contributed by atoms with Crippen LogP contribution in [0.5, 0.6) is 0 Å². The monoisotopic (exact) mass is 424 g/mol. The van der Waals surface area contributed by atoms with Crippen LogP contribution in [0.1, 0.15) is 18.3 Å². The molecule has 32 heavy (non-hydrogen) atoms. The van der Waals surface area contributed by atoms with Gasteiger partial charge in [0, 0.05) is 36.4 Å². The lowest BCUT2D eigenvalue weighted by atomic mass is 10.1. The highest BCUT2D eigenvalue weighted by atomic mass is 19.1. The third-order valence-electron chi connectivity index (χ3n) is 6.17. The van der Waals surface area contributed by atoms with Gasteiger partial charge >= 0.3 is 0 Å². The zero-order valence-corrected chi connectivity index (χ0v) is 17.3. The molecule has 0 bridgehead atoms. The predicted molar refractivity (Wildman–Crippen MR) is 122 cm³/mol. The number of hydrogen-bond acceptors (Lipinski definition) is 4. The van der Waals surface area contributed by atoms with E-state index in [1.54, 1.807) is 18.3 Å². The number of fused-ring (bicyclic) bond motifs is 2. The first-order valence-electron chi connectivity index (χ1n) is 10.7. The van der Waals surface area contributed by atoms with E-state index in [2.05, 4.69) is 55.6 Å². The summed E-state index contributed by atoms with van der Waals surface area (Å²) in [4.78, 5) is 13.5. The Hall–Kier alpha value is -4.00. The third-order valence-corrected chi connectivity index (χ3v) is 6.17. The molecule has 5 aromatic rings. The number of aromatic nitrogens is 5. The average Bonchev–Trinajstić information content (AvgIpc) is 3.49. The van der Waals surface area contributed by atoms with Crippen molar-refractivity contribution in [1.82, 2.24) is 24.1 Å². The molecule has 1 aliphatic rings. The summed E-state index contributed by atoms with van der Waals surface area (Å²) in [5.41, 5.74) is 10.4. The molecule has 2 aromatic carbocycles. The molecule has 0 spiro atoms. The second-order valence-corrected chi connectivity index (χ2v) is 8.12. The number of para-hydroxylation sites is 1. The minimum atomic E-state index is -0.273. The van der Waals surface area contributed by atoms with Crippen molar-refractivity contribution >= 4 is 16.9 Å². The highest BCUT2D eigenvalue weighted by Gasteiger charge is 2.31. The van der Waals surface area contributed by atoms with Gasteiger partial charge in [-0.05, 0) is 54.3 Å². The fraction of sp³-hybridized carbons (Fsp3) is 0.160. The lowest BCUT2D eigenvalue weighted by molar-refractivity contribution is 0.459. The largest absolute Gasteiger partial charge is 0.368 e. The SMILES string of the molecule is Nc1nccc(-c2c(-c3ccc(F)cc3)nc3n2C(Cn2ccc4ccccc42)CC3)n1. The summed E-state index contributed by atoms with van der Waals surface area (Å²) in [6, 6.07) is 19.1. The number of rotatable bonds is 4. The number of nitrogens with zero attached hydrogens (tertiary/aromatic N) is 5. The van der Waals surface area contributed by atoms with Crippen LogP contribution in [0.3, 0.4) is 0 Å². The number of benzene rings is 2. The highest BCUT2D eigenvalue weighted by molar-refractivity contribution is 5.80. The maximum Gasteiger partial charge on any atom is 0.220 e. The Morgan fingerprint density at radius 1 is 1.00 bits per heavy atom. The molecule has 0 fully saturated rings. The summed E-state index contributed by atoms with van der Waals surface area (Å²) in [7, 11) is 0. The van der Waals surface area contributed by atoms with Crippen molar-refractivity contribution in [3.8, 4) is 22.6 Å². The second-order valence-electron chi connectivity index (χ2n) is 8.12. The van der Waals surface area contributed by atoms with Crippen LogP contribution < -0.4 is 5.73 Å². The summed E-state index contributed by atoms with van der Waals surface area (Å²) in [5, 5.41) is 1.23. The quantitative estimate of drug-likeness (QED) is 0.447. The van der Waals surface area contributed by atoms with Gasteiger partial charge in [-0.3, -0.25) is 0 Å². The molecule has 6 nitrogen and oxygen atoms in total. The van der Waals surface area contributed by atoms with Gasteiger partial charge in [-0.1, -0.05) is 18.2 Å². The van der Waals surface area contributed by atoms with Crippen molar-refractivity contribution in [3.63, 3.8) is 0 Å². The molecule has 2 N–H and O–H groups in total. The first-order valence-corrected chi connectivity index (χ1v) is 10.7. The van der Waals surface area contributed by atoms with Crippen molar-refractivity contribution in [2.75, 3.05) is 5.73 Å². The van der Waals surface area contributed by atoms with E-state index in [0.717, 1.165) is 47.9 Å². The zero-order valence-electron chi connectivity index (χ0n) is 17.3. The fourth-order valence-corrected chi connectivity index (χ4v) is 4.73. The van der Waals surface area contributed by atoms with E-state index in [9.17, 15) is 4.39 Å². The Kier molecular flexibility index (Phi) is 4.28. The van der Waals surface area contributed by atoms with Crippen molar-refractivity contribution in [2.45, 2.75) is 25.4 Å². The van der Waals surface area contributed by atoms with Gasteiger partial charge in [-0.25, -0.2) is 19.3 Å².